The first-order valence-corrected chi connectivity index (χ1v) is 10.8. The van der Waals surface area contributed by atoms with Gasteiger partial charge in [-0.1, -0.05) is 23.7 Å². The van der Waals surface area contributed by atoms with E-state index in [1.807, 2.05) is 17.0 Å². The summed E-state index contributed by atoms with van der Waals surface area (Å²) >= 11 is 5.83. The van der Waals surface area contributed by atoms with Gasteiger partial charge in [-0.25, -0.2) is 18.0 Å². The van der Waals surface area contributed by atoms with E-state index in [0.29, 0.717) is 24.5 Å². The minimum atomic E-state index is -2.90. The van der Waals surface area contributed by atoms with Crippen LogP contribution in [0.25, 0.3) is 0 Å². The standard InChI is InChI=1S/C22H24ClF3N4O2.2ClH/c23-17-9-15(5-6-18(17)24)28-21(32)30-16(10-27-19-3-1-2-4-20(19)30)12-29-8-7-22(25,26)14(11-29)13-31;;/h1-6,9,14,16,27,31H,7-8,10-13H2,(H,28,32);2*1H. The topological polar surface area (TPSA) is 67.8 Å². The lowest BCUT2D eigenvalue weighted by atomic mass is 9.93. The molecule has 6 nitrogen and oxygen atoms in total. The van der Waals surface area contributed by atoms with Crippen molar-refractivity contribution in [3.8, 4) is 0 Å². The van der Waals surface area contributed by atoms with Crippen molar-refractivity contribution in [3.63, 3.8) is 0 Å². The first kappa shape index (κ1) is 28.3. The van der Waals surface area contributed by atoms with Gasteiger partial charge in [0.05, 0.1) is 35.0 Å². The second kappa shape index (κ2) is 11.7. The Morgan fingerprint density at radius 3 is 2.68 bits per heavy atom. The van der Waals surface area contributed by atoms with E-state index in [1.165, 1.54) is 18.2 Å². The Labute approximate surface area is 213 Å². The number of piperidine rings is 1. The van der Waals surface area contributed by atoms with E-state index in [2.05, 4.69) is 10.6 Å². The number of aliphatic hydroxyl groups is 1. The van der Waals surface area contributed by atoms with Gasteiger partial charge in [0.1, 0.15) is 5.82 Å². The number of hydrogen-bond donors (Lipinski definition) is 3. The zero-order valence-corrected chi connectivity index (χ0v) is 20.4. The maximum absolute atomic E-state index is 14.0. The second-order valence-electron chi connectivity index (χ2n) is 8.13. The van der Waals surface area contributed by atoms with Crippen molar-refractivity contribution >= 4 is 59.5 Å². The van der Waals surface area contributed by atoms with Gasteiger partial charge in [-0.15, -0.1) is 24.8 Å². The first-order valence-electron chi connectivity index (χ1n) is 10.4. The number of aliphatic hydroxyl groups excluding tert-OH is 1. The van der Waals surface area contributed by atoms with E-state index < -0.39 is 30.3 Å². The highest BCUT2D eigenvalue weighted by molar-refractivity contribution is 6.31. The van der Waals surface area contributed by atoms with Crippen molar-refractivity contribution in [2.75, 3.05) is 48.3 Å². The summed E-state index contributed by atoms with van der Waals surface area (Å²) in [5, 5.41) is 15.3. The fraction of sp³-hybridized carbons (Fsp3) is 0.409. The molecule has 0 saturated carbocycles. The first-order chi connectivity index (χ1) is 15.3. The van der Waals surface area contributed by atoms with Gasteiger partial charge in [0, 0.05) is 38.3 Å². The van der Waals surface area contributed by atoms with Crippen LogP contribution in [0.5, 0.6) is 0 Å². The number of amides is 2. The summed E-state index contributed by atoms with van der Waals surface area (Å²) < 4.78 is 41.5. The average Bonchev–Trinajstić information content (AvgIpc) is 2.77. The van der Waals surface area contributed by atoms with Crippen LogP contribution in [0.2, 0.25) is 5.02 Å². The quantitative estimate of drug-likeness (QED) is 0.504. The highest BCUT2D eigenvalue weighted by Gasteiger charge is 2.44. The minimum absolute atomic E-state index is 0. The summed E-state index contributed by atoms with van der Waals surface area (Å²) in [4.78, 5) is 16.7. The van der Waals surface area contributed by atoms with Crippen LogP contribution in [0.15, 0.2) is 42.5 Å². The molecule has 0 spiro atoms. The Hall–Kier alpha value is -1.91. The van der Waals surface area contributed by atoms with Crippen LogP contribution in [0, 0.1) is 11.7 Å². The van der Waals surface area contributed by atoms with E-state index in [0.717, 1.165) is 5.69 Å². The third-order valence-electron chi connectivity index (χ3n) is 5.97. The molecule has 0 aromatic heterocycles. The molecule has 0 radical (unpaired) electrons. The van der Waals surface area contributed by atoms with E-state index in [4.69, 9.17) is 11.6 Å². The maximum Gasteiger partial charge on any atom is 0.326 e. The molecule has 2 aliphatic rings. The molecular weight excluding hydrogens is 516 g/mol. The number of fused-ring (bicyclic) bond motifs is 1. The number of carbonyl (C=O) groups is 1. The highest BCUT2D eigenvalue weighted by atomic mass is 35.5. The third-order valence-corrected chi connectivity index (χ3v) is 6.26. The number of rotatable bonds is 4. The van der Waals surface area contributed by atoms with Gasteiger partial charge in [0.25, 0.3) is 5.92 Å². The molecule has 2 atom stereocenters. The molecule has 3 N–H and O–H groups in total. The SMILES string of the molecule is Cl.Cl.O=C(Nc1ccc(F)c(Cl)c1)N1c2ccccc2NCC1CN1CCC(F)(F)C(CO)C1. The lowest BCUT2D eigenvalue weighted by Gasteiger charge is -2.43. The van der Waals surface area contributed by atoms with Gasteiger partial charge in [-0.05, 0) is 30.3 Å². The average molecular weight is 542 g/mol. The summed E-state index contributed by atoms with van der Waals surface area (Å²) in [5.74, 6) is -4.62. The van der Waals surface area contributed by atoms with Crippen LogP contribution >= 0.6 is 36.4 Å². The second-order valence-corrected chi connectivity index (χ2v) is 8.54. The molecule has 2 aromatic carbocycles. The molecular formula is C22H26Cl3F3N4O2. The predicted molar refractivity (Wildman–Crippen MR) is 133 cm³/mol. The van der Waals surface area contributed by atoms with Crippen molar-refractivity contribution in [2.24, 2.45) is 5.92 Å². The van der Waals surface area contributed by atoms with Gasteiger partial charge >= 0.3 is 6.03 Å². The Bertz CT molecular complexity index is 1000. The van der Waals surface area contributed by atoms with Gasteiger partial charge in [0.2, 0.25) is 0 Å². The van der Waals surface area contributed by atoms with E-state index in [-0.39, 0.29) is 55.4 Å². The molecule has 1 saturated heterocycles. The summed E-state index contributed by atoms with van der Waals surface area (Å²) in [7, 11) is 0. The summed E-state index contributed by atoms with van der Waals surface area (Å²) in [6, 6.07) is 10.4. The number of hydrogen-bond acceptors (Lipinski definition) is 4. The Morgan fingerprint density at radius 1 is 1.24 bits per heavy atom. The number of anilines is 3. The van der Waals surface area contributed by atoms with Crippen molar-refractivity contribution in [2.45, 2.75) is 18.4 Å². The molecule has 2 heterocycles. The number of nitrogens with one attached hydrogen (secondary N) is 2. The number of alkyl halides is 2. The molecule has 1 fully saturated rings. The molecule has 4 rings (SSSR count). The molecule has 0 bridgehead atoms. The molecule has 2 aromatic rings. The zero-order chi connectivity index (χ0) is 22.9. The lowest BCUT2D eigenvalue weighted by Crippen LogP contribution is -2.57. The predicted octanol–water partition coefficient (Wildman–Crippen LogP) is 5.10. The Morgan fingerprint density at radius 2 is 1.97 bits per heavy atom. The largest absolute Gasteiger partial charge is 0.396 e. The summed E-state index contributed by atoms with van der Waals surface area (Å²) in [6.07, 6.45) is -0.338. The lowest BCUT2D eigenvalue weighted by molar-refractivity contribution is -0.120. The van der Waals surface area contributed by atoms with Crippen LogP contribution < -0.4 is 15.5 Å². The molecule has 34 heavy (non-hydrogen) atoms. The number of para-hydroxylation sites is 2. The zero-order valence-electron chi connectivity index (χ0n) is 18.0. The fourth-order valence-electron chi connectivity index (χ4n) is 4.23. The molecule has 2 aliphatic heterocycles. The summed E-state index contributed by atoms with van der Waals surface area (Å²) in [6.45, 7) is 0.400. The molecule has 2 unspecified atom stereocenters. The van der Waals surface area contributed by atoms with Crippen LogP contribution in [-0.4, -0.2) is 60.8 Å². The highest BCUT2D eigenvalue weighted by Crippen LogP contribution is 2.35. The number of urea groups is 1. The smallest absolute Gasteiger partial charge is 0.326 e. The van der Waals surface area contributed by atoms with Gasteiger partial charge < -0.3 is 20.6 Å². The normalized spacial score (nSPS) is 21.4. The Kier molecular flexibility index (Phi) is 9.73. The van der Waals surface area contributed by atoms with Crippen LogP contribution in [0.3, 0.4) is 0 Å². The van der Waals surface area contributed by atoms with Crippen molar-refractivity contribution in [1.29, 1.82) is 0 Å². The van der Waals surface area contributed by atoms with E-state index in [1.54, 1.807) is 17.0 Å². The van der Waals surface area contributed by atoms with Crippen molar-refractivity contribution in [3.05, 3.63) is 53.3 Å². The van der Waals surface area contributed by atoms with Crippen LogP contribution in [0.4, 0.5) is 35.0 Å². The maximum atomic E-state index is 14.0. The third kappa shape index (κ3) is 6.01. The van der Waals surface area contributed by atoms with Gasteiger partial charge in [0.15, 0.2) is 0 Å². The van der Waals surface area contributed by atoms with E-state index >= 15 is 0 Å². The monoisotopic (exact) mass is 540 g/mol. The minimum Gasteiger partial charge on any atom is -0.396 e. The Balaban J connectivity index is 0.00000204. The van der Waals surface area contributed by atoms with Gasteiger partial charge in [-0.3, -0.25) is 4.90 Å². The molecule has 2 amide bonds. The van der Waals surface area contributed by atoms with Gasteiger partial charge in [-0.2, -0.15) is 0 Å². The van der Waals surface area contributed by atoms with E-state index in [9.17, 15) is 23.1 Å². The summed E-state index contributed by atoms with van der Waals surface area (Å²) in [5.41, 5.74) is 1.76. The number of halogens is 6. The van der Waals surface area contributed by atoms with Crippen molar-refractivity contribution < 1.29 is 23.1 Å². The van der Waals surface area contributed by atoms with Crippen LogP contribution in [-0.2, 0) is 0 Å². The molecule has 0 aliphatic carbocycles. The molecule has 12 heteroatoms. The van der Waals surface area contributed by atoms with Crippen molar-refractivity contribution in [1.82, 2.24) is 4.90 Å². The molecule has 188 valence electrons. The number of nitrogens with zero attached hydrogens (tertiary/aromatic N) is 2. The van der Waals surface area contributed by atoms with Crippen LogP contribution in [0.1, 0.15) is 6.42 Å². The number of likely N-dealkylation sites (tertiary alicyclic amines) is 1. The number of carbonyl (C=O) groups excluding carboxylic acids is 1. The fourth-order valence-corrected chi connectivity index (χ4v) is 4.41. The number of benzene rings is 2.